The van der Waals surface area contributed by atoms with E-state index in [9.17, 15) is 0 Å². The van der Waals surface area contributed by atoms with Gasteiger partial charge in [0.15, 0.2) is 0 Å². The quantitative estimate of drug-likeness (QED) is 0.408. The van der Waals surface area contributed by atoms with Crippen molar-refractivity contribution in [2.75, 3.05) is 17.8 Å². The van der Waals surface area contributed by atoms with Gasteiger partial charge in [-0.1, -0.05) is 11.3 Å². The predicted molar refractivity (Wildman–Crippen MR) is 36.9 cm³/mol. The number of hydrogen-bond donors (Lipinski definition) is 2. The minimum atomic E-state index is 0.433. The highest BCUT2D eigenvalue weighted by Crippen LogP contribution is 2.17. The second kappa shape index (κ2) is 2.16. The Kier molecular flexibility index (Phi) is 1.50. The van der Waals surface area contributed by atoms with Gasteiger partial charge in [0.05, 0.1) is 0 Å². The van der Waals surface area contributed by atoms with Crippen LogP contribution in [-0.4, -0.2) is 17.2 Å². The Balaban J connectivity index is 2.85. The molecule has 4 N–H and O–H groups in total. The molecule has 0 aliphatic carbocycles. The molecule has 0 aliphatic rings. The summed E-state index contributed by atoms with van der Waals surface area (Å²) in [7, 11) is 1.68. The summed E-state index contributed by atoms with van der Waals surface area (Å²) in [6.07, 6.45) is 0. The third-order valence-electron chi connectivity index (χ3n) is 0.732. The van der Waals surface area contributed by atoms with Crippen LogP contribution < -0.4 is 16.6 Å². The summed E-state index contributed by atoms with van der Waals surface area (Å²) in [5, 5.41) is 9.64. The first-order chi connectivity index (χ1) is 4.20. The third-order valence-corrected chi connectivity index (χ3v) is 1.57. The fraction of sp³-hybridized carbons (Fsp3) is 0.333. The van der Waals surface area contributed by atoms with Crippen LogP contribution in [0.2, 0.25) is 0 Å². The fourth-order valence-electron chi connectivity index (χ4n) is 0.369. The SMILES string of the molecule is CN(N)c1nnc(N)s1. The lowest BCUT2D eigenvalue weighted by molar-refractivity contribution is 0.961. The molecule has 1 heterocycles. The van der Waals surface area contributed by atoms with Crippen molar-refractivity contribution in [3.05, 3.63) is 0 Å². The molecule has 1 aromatic rings. The van der Waals surface area contributed by atoms with E-state index < -0.39 is 0 Å². The molecule has 0 saturated carbocycles. The molecule has 0 radical (unpaired) electrons. The van der Waals surface area contributed by atoms with Crippen LogP contribution in [0.5, 0.6) is 0 Å². The molecule has 0 saturated heterocycles. The molecule has 0 unspecified atom stereocenters. The van der Waals surface area contributed by atoms with Crippen molar-refractivity contribution in [2.24, 2.45) is 5.84 Å². The number of hydrogen-bond acceptors (Lipinski definition) is 6. The van der Waals surface area contributed by atoms with Gasteiger partial charge in [-0.15, -0.1) is 10.2 Å². The van der Waals surface area contributed by atoms with Crippen LogP contribution in [0.4, 0.5) is 10.3 Å². The summed E-state index contributed by atoms with van der Waals surface area (Å²) in [6, 6.07) is 0. The molecule has 0 amide bonds. The van der Waals surface area contributed by atoms with Gasteiger partial charge in [0.2, 0.25) is 10.3 Å². The Morgan fingerprint density at radius 3 is 2.44 bits per heavy atom. The van der Waals surface area contributed by atoms with E-state index in [2.05, 4.69) is 10.2 Å². The first-order valence-corrected chi connectivity index (χ1v) is 3.09. The maximum atomic E-state index is 5.31. The van der Waals surface area contributed by atoms with E-state index in [1.807, 2.05) is 0 Å². The molecule has 0 spiro atoms. The zero-order valence-corrected chi connectivity index (χ0v) is 5.72. The van der Waals surface area contributed by atoms with Crippen LogP contribution >= 0.6 is 11.3 Å². The molecule has 6 heteroatoms. The van der Waals surface area contributed by atoms with Crippen molar-refractivity contribution in [3.8, 4) is 0 Å². The number of nitrogens with zero attached hydrogens (tertiary/aromatic N) is 3. The van der Waals surface area contributed by atoms with Crippen molar-refractivity contribution < 1.29 is 0 Å². The van der Waals surface area contributed by atoms with Crippen molar-refractivity contribution >= 4 is 21.6 Å². The van der Waals surface area contributed by atoms with E-state index in [0.29, 0.717) is 10.3 Å². The number of rotatable bonds is 1. The van der Waals surface area contributed by atoms with Gasteiger partial charge in [-0.2, -0.15) is 0 Å². The Bertz CT molecular complexity index is 194. The van der Waals surface area contributed by atoms with Gasteiger partial charge in [0.25, 0.3) is 0 Å². The fourth-order valence-corrected chi connectivity index (χ4v) is 0.863. The molecule has 5 nitrogen and oxygen atoms in total. The minimum Gasteiger partial charge on any atom is -0.374 e. The first-order valence-electron chi connectivity index (χ1n) is 2.27. The topological polar surface area (TPSA) is 81.1 Å². The molecule has 1 rings (SSSR count). The van der Waals surface area contributed by atoms with Crippen LogP contribution in [-0.2, 0) is 0 Å². The summed E-state index contributed by atoms with van der Waals surface area (Å²) >= 11 is 1.25. The van der Waals surface area contributed by atoms with E-state index >= 15 is 0 Å². The van der Waals surface area contributed by atoms with Gasteiger partial charge < -0.3 is 5.73 Å². The lowest BCUT2D eigenvalue weighted by Crippen LogP contribution is -2.24. The Labute approximate surface area is 56.3 Å². The standard InChI is InChI=1S/C3H7N5S/c1-8(5)3-7-6-2(4)9-3/h5H2,1H3,(H2,4,6). The van der Waals surface area contributed by atoms with Crippen LogP contribution in [0.25, 0.3) is 0 Å². The molecule has 0 bridgehead atoms. The number of anilines is 2. The average Bonchev–Trinajstić information content (AvgIpc) is 2.14. The number of hydrazine groups is 1. The van der Waals surface area contributed by atoms with Crippen molar-refractivity contribution in [3.63, 3.8) is 0 Å². The molecule has 0 atom stereocenters. The van der Waals surface area contributed by atoms with Gasteiger partial charge in [0, 0.05) is 7.05 Å². The number of nitrogen functional groups attached to an aromatic ring is 1. The van der Waals surface area contributed by atoms with Crippen LogP contribution in [0.15, 0.2) is 0 Å². The van der Waals surface area contributed by atoms with Crippen LogP contribution in [0.1, 0.15) is 0 Å². The van der Waals surface area contributed by atoms with Crippen LogP contribution in [0.3, 0.4) is 0 Å². The summed E-state index contributed by atoms with van der Waals surface area (Å²) < 4.78 is 0. The largest absolute Gasteiger partial charge is 0.374 e. The Morgan fingerprint density at radius 2 is 2.22 bits per heavy atom. The molecule has 0 aliphatic heterocycles. The molecule has 50 valence electrons. The van der Waals surface area contributed by atoms with E-state index in [-0.39, 0.29) is 0 Å². The average molecular weight is 145 g/mol. The molecular formula is C3H7N5S. The van der Waals surface area contributed by atoms with Gasteiger partial charge in [0.1, 0.15) is 0 Å². The van der Waals surface area contributed by atoms with E-state index in [1.165, 1.54) is 16.3 Å². The molecule has 9 heavy (non-hydrogen) atoms. The van der Waals surface area contributed by atoms with Gasteiger partial charge in [-0.3, -0.25) is 5.01 Å². The zero-order valence-electron chi connectivity index (χ0n) is 4.90. The zero-order chi connectivity index (χ0) is 6.85. The number of nitrogens with two attached hydrogens (primary N) is 2. The normalized spacial score (nSPS) is 9.56. The third kappa shape index (κ3) is 1.27. The van der Waals surface area contributed by atoms with E-state index in [0.717, 1.165) is 0 Å². The van der Waals surface area contributed by atoms with Gasteiger partial charge >= 0.3 is 0 Å². The van der Waals surface area contributed by atoms with Crippen molar-refractivity contribution in [1.82, 2.24) is 10.2 Å². The second-order valence-corrected chi connectivity index (χ2v) is 2.52. The highest BCUT2D eigenvalue weighted by Gasteiger charge is 2.00. The highest BCUT2D eigenvalue weighted by atomic mass is 32.1. The van der Waals surface area contributed by atoms with Crippen molar-refractivity contribution in [2.45, 2.75) is 0 Å². The van der Waals surface area contributed by atoms with Gasteiger partial charge in [-0.05, 0) is 0 Å². The monoisotopic (exact) mass is 145 g/mol. The predicted octanol–water partition coefficient (Wildman–Crippen LogP) is -0.570. The van der Waals surface area contributed by atoms with E-state index in [4.69, 9.17) is 11.6 Å². The summed E-state index contributed by atoms with van der Waals surface area (Å²) in [5.41, 5.74) is 5.28. The maximum absolute atomic E-state index is 5.31. The molecule has 0 fully saturated rings. The maximum Gasteiger partial charge on any atom is 0.223 e. The smallest absolute Gasteiger partial charge is 0.223 e. The molecular weight excluding hydrogens is 138 g/mol. The summed E-state index contributed by atoms with van der Waals surface area (Å²) in [6.45, 7) is 0. The second-order valence-electron chi connectivity index (χ2n) is 1.53. The van der Waals surface area contributed by atoms with Crippen molar-refractivity contribution in [1.29, 1.82) is 0 Å². The Morgan fingerprint density at radius 1 is 1.56 bits per heavy atom. The highest BCUT2D eigenvalue weighted by molar-refractivity contribution is 7.18. The lowest BCUT2D eigenvalue weighted by atomic mass is 11.1. The minimum absolute atomic E-state index is 0.433. The first kappa shape index (κ1) is 6.24. The van der Waals surface area contributed by atoms with Crippen LogP contribution in [0, 0.1) is 0 Å². The van der Waals surface area contributed by atoms with E-state index in [1.54, 1.807) is 7.05 Å². The summed E-state index contributed by atoms with van der Waals surface area (Å²) in [4.78, 5) is 0. The molecule has 1 aromatic heterocycles. The Hall–Kier alpha value is -0.880. The lowest BCUT2D eigenvalue weighted by Gasteiger charge is -2.02. The number of aromatic nitrogens is 2. The summed E-state index contributed by atoms with van der Waals surface area (Å²) in [5.74, 6) is 5.31. The molecule has 0 aromatic carbocycles. The van der Waals surface area contributed by atoms with Gasteiger partial charge in [-0.25, -0.2) is 5.84 Å².